The number of nitrogens with one attached hydrogen (secondary N) is 2. The van der Waals surface area contributed by atoms with E-state index in [1.165, 1.54) is 18.4 Å². The first-order valence-electron chi connectivity index (χ1n) is 8.76. The van der Waals surface area contributed by atoms with Crippen molar-refractivity contribution in [2.75, 3.05) is 0 Å². The first kappa shape index (κ1) is 16.3. The molecule has 5 nitrogen and oxygen atoms in total. The minimum Gasteiger partial charge on any atom is -0.281 e. The smallest absolute Gasteiger partial charge is 0.281 e. The van der Waals surface area contributed by atoms with Crippen LogP contribution in [-0.2, 0) is 0 Å². The average Bonchev–Trinajstić information content (AvgIpc) is 3.43. The van der Waals surface area contributed by atoms with Crippen LogP contribution in [0.1, 0.15) is 47.4 Å². The van der Waals surface area contributed by atoms with Crippen LogP contribution in [0, 0.1) is 0 Å². The minimum atomic E-state index is -0.298. The van der Waals surface area contributed by atoms with E-state index >= 15 is 0 Å². The molecule has 1 fully saturated rings. The fourth-order valence-electron chi connectivity index (χ4n) is 2.85. The van der Waals surface area contributed by atoms with Crippen molar-refractivity contribution in [2.45, 2.75) is 25.7 Å². The zero-order chi connectivity index (χ0) is 17.9. The summed E-state index contributed by atoms with van der Waals surface area (Å²) < 4.78 is 0. The van der Waals surface area contributed by atoms with Crippen molar-refractivity contribution < 1.29 is 4.79 Å². The molecule has 0 aliphatic heterocycles. The Bertz CT molecular complexity index is 938. The van der Waals surface area contributed by atoms with Crippen LogP contribution in [0.2, 0.25) is 0 Å². The highest BCUT2D eigenvalue weighted by molar-refractivity contribution is 6.00. The number of hydrazone groups is 1. The number of hydrogen-bond donors (Lipinski definition) is 2. The van der Waals surface area contributed by atoms with Crippen molar-refractivity contribution in [3.05, 3.63) is 77.6 Å². The normalized spacial score (nSPS) is 14.3. The highest BCUT2D eigenvalue weighted by atomic mass is 16.2. The number of aromatic nitrogens is 2. The third kappa shape index (κ3) is 3.57. The molecule has 0 bridgehead atoms. The first-order valence-corrected chi connectivity index (χ1v) is 8.76. The maximum Gasteiger partial charge on any atom is 0.291 e. The molecule has 3 aromatic rings. The van der Waals surface area contributed by atoms with Gasteiger partial charge in [0.05, 0.1) is 5.71 Å². The number of amides is 1. The minimum absolute atomic E-state index is 0.298. The van der Waals surface area contributed by atoms with Gasteiger partial charge in [0.2, 0.25) is 0 Å². The molecule has 26 heavy (non-hydrogen) atoms. The third-order valence-electron chi connectivity index (χ3n) is 4.58. The van der Waals surface area contributed by atoms with Gasteiger partial charge in [0.25, 0.3) is 5.91 Å². The summed E-state index contributed by atoms with van der Waals surface area (Å²) in [4.78, 5) is 12.2. The van der Waals surface area contributed by atoms with Crippen LogP contribution in [0.4, 0.5) is 0 Å². The quantitative estimate of drug-likeness (QED) is 0.540. The molecule has 1 aromatic heterocycles. The van der Waals surface area contributed by atoms with Gasteiger partial charge in [0, 0.05) is 11.6 Å². The largest absolute Gasteiger partial charge is 0.291 e. The first-order chi connectivity index (χ1) is 12.7. The fraction of sp³-hybridized carbons (Fsp3) is 0.190. The molecule has 5 heteroatoms. The number of carbonyl (C=O) groups is 1. The van der Waals surface area contributed by atoms with Crippen molar-refractivity contribution >= 4 is 11.6 Å². The zero-order valence-electron chi connectivity index (χ0n) is 14.6. The molecule has 0 unspecified atom stereocenters. The predicted octanol–water partition coefficient (Wildman–Crippen LogP) is 4.11. The number of nitrogens with zero attached hydrogens (tertiary/aromatic N) is 2. The van der Waals surface area contributed by atoms with E-state index in [0.717, 1.165) is 22.5 Å². The Hall–Kier alpha value is -3.21. The van der Waals surface area contributed by atoms with Gasteiger partial charge >= 0.3 is 0 Å². The van der Waals surface area contributed by atoms with Crippen LogP contribution in [0.3, 0.4) is 0 Å². The summed E-state index contributed by atoms with van der Waals surface area (Å²) in [5.74, 6) is 0.242. The lowest BCUT2D eigenvalue weighted by Crippen LogP contribution is -2.19. The summed E-state index contributed by atoms with van der Waals surface area (Å²) in [6.07, 6.45) is 2.33. The van der Waals surface area contributed by atoms with Gasteiger partial charge in [-0.15, -0.1) is 0 Å². The van der Waals surface area contributed by atoms with E-state index in [-0.39, 0.29) is 5.91 Å². The van der Waals surface area contributed by atoms with E-state index in [2.05, 4.69) is 45.0 Å². The number of hydrogen-bond acceptors (Lipinski definition) is 3. The maximum absolute atomic E-state index is 12.2. The van der Waals surface area contributed by atoms with Crippen LogP contribution < -0.4 is 5.43 Å². The van der Waals surface area contributed by atoms with E-state index < -0.39 is 0 Å². The Labute approximate surface area is 152 Å². The Morgan fingerprint density at radius 3 is 2.46 bits per heavy atom. The van der Waals surface area contributed by atoms with Crippen molar-refractivity contribution in [1.29, 1.82) is 0 Å². The van der Waals surface area contributed by atoms with Gasteiger partial charge in [-0.3, -0.25) is 9.89 Å². The van der Waals surface area contributed by atoms with Crippen LogP contribution in [0.25, 0.3) is 11.1 Å². The molecule has 2 N–H and O–H groups in total. The van der Waals surface area contributed by atoms with Gasteiger partial charge in [-0.05, 0) is 42.5 Å². The Morgan fingerprint density at radius 2 is 1.77 bits per heavy atom. The molecule has 1 aliphatic carbocycles. The number of rotatable bonds is 5. The SMILES string of the molecule is C/C(=N/NC(=O)c1cc(C2CC2)[nH]n1)c1ccc(-c2ccccc2)cc1. The van der Waals surface area contributed by atoms with Gasteiger partial charge < -0.3 is 0 Å². The van der Waals surface area contributed by atoms with Crippen LogP contribution >= 0.6 is 0 Å². The standard InChI is InChI=1S/C21H20N4O/c1-14(15-7-9-17(10-8-15)16-5-3-2-4-6-16)22-25-21(26)20-13-19(23-24-20)18-11-12-18/h2-10,13,18H,11-12H2,1H3,(H,23,24)(H,25,26)/b22-14-. The lowest BCUT2D eigenvalue weighted by Gasteiger charge is -2.05. The topological polar surface area (TPSA) is 70.1 Å². The lowest BCUT2D eigenvalue weighted by atomic mass is 10.0. The molecule has 4 rings (SSSR count). The molecular formula is C21H20N4O. The van der Waals surface area contributed by atoms with E-state index in [0.29, 0.717) is 11.6 Å². The maximum atomic E-state index is 12.2. The number of benzene rings is 2. The van der Waals surface area contributed by atoms with Gasteiger partial charge in [-0.2, -0.15) is 10.2 Å². The summed E-state index contributed by atoms with van der Waals surface area (Å²) in [5, 5.41) is 11.2. The second kappa shape index (κ2) is 6.96. The van der Waals surface area contributed by atoms with Gasteiger partial charge in [0.15, 0.2) is 5.69 Å². The van der Waals surface area contributed by atoms with Gasteiger partial charge in [0.1, 0.15) is 0 Å². The highest BCUT2D eigenvalue weighted by Crippen LogP contribution is 2.38. The van der Waals surface area contributed by atoms with Crippen LogP contribution in [-0.4, -0.2) is 21.8 Å². The summed E-state index contributed by atoms with van der Waals surface area (Å²) in [6.45, 7) is 1.87. The lowest BCUT2D eigenvalue weighted by molar-refractivity contribution is 0.0950. The molecule has 0 saturated heterocycles. The van der Waals surface area contributed by atoms with Crippen molar-refractivity contribution in [1.82, 2.24) is 15.6 Å². The van der Waals surface area contributed by atoms with Gasteiger partial charge in [-0.25, -0.2) is 5.43 Å². The second-order valence-electron chi connectivity index (χ2n) is 6.56. The zero-order valence-corrected chi connectivity index (χ0v) is 14.6. The average molecular weight is 344 g/mol. The highest BCUT2D eigenvalue weighted by Gasteiger charge is 2.26. The Balaban J connectivity index is 1.42. The van der Waals surface area contributed by atoms with E-state index in [1.54, 1.807) is 0 Å². The predicted molar refractivity (Wildman–Crippen MR) is 102 cm³/mol. The molecule has 0 spiro atoms. The molecule has 1 aliphatic rings. The monoisotopic (exact) mass is 344 g/mol. The van der Waals surface area contributed by atoms with Crippen molar-refractivity contribution in [3.63, 3.8) is 0 Å². The number of aromatic amines is 1. The molecule has 0 atom stereocenters. The number of carbonyl (C=O) groups excluding carboxylic acids is 1. The molecule has 130 valence electrons. The molecule has 1 heterocycles. The molecular weight excluding hydrogens is 324 g/mol. The molecule has 1 saturated carbocycles. The van der Waals surface area contributed by atoms with Crippen LogP contribution in [0.15, 0.2) is 65.8 Å². The van der Waals surface area contributed by atoms with E-state index in [1.807, 2.05) is 43.3 Å². The Morgan fingerprint density at radius 1 is 1.08 bits per heavy atom. The Kier molecular flexibility index (Phi) is 4.35. The molecule has 2 aromatic carbocycles. The summed E-state index contributed by atoms with van der Waals surface area (Å²) in [5.41, 5.74) is 8.03. The van der Waals surface area contributed by atoms with E-state index in [4.69, 9.17) is 0 Å². The van der Waals surface area contributed by atoms with Crippen LogP contribution in [0.5, 0.6) is 0 Å². The molecule has 1 amide bonds. The van der Waals surface area contributed by atoms with Crippen molar-refractivity contribution in [2.24, 2.45) is 5.10 Å². The van der Waals surface area contributed by atoms with E-state index in [9.17, 15) is 4.79 Å². The fourth-order valence-corrected chi connectivity index (χ4v) is 2.85. The summed E-state index contributed by atoms with van der Waals surface area (Å²) in [6, 6.07) is 20.1. The second-order valence-corrected chi connectivity index (χ2v) is 6.56. The van der Waals surface area contributed by atoms with Gasteiger partial charge in [-0.1, -0.05) is 54.6 Å². The van der Waals surface area contributed by atoms with Crippen molar-refractivity contribution in [3.8, 4) is 11.1 Å². The molecule has 0 radical (unpaired) electrons. The summed E-state index contributed by atoms with van der Waals surface area (Å²) >= 11 is 0. The summed E-state index contributed by atoms with van der Waals surface area (Å²) in [7, 11) is 0. The number of H-pyrrole nitrogens is 1. The third-order valence-corrected chi connectivity index (χ3v) is 4.58.